The number of hydrogen-bond donors (Lipinski definition) is 2. The lowest BCUT2D eigenvalue weighted by molar-refractivity contribution is -0.157. The van der Waals surface area contributed by atoms with Crippen LogP contribution in [0.4, 0.5) is 0 Å². The van der Waals surface area contributed by atoms with Gasteiger partial charge >= 0.3 is 0 Å². The van der Waals surface area contributed by atoms with E-state index in [2.05, 4.69) is 10.2 Å². The maximum atomic E-state index is 12.7. The average Bonchev–Trinajstić information content (AvgIpc) is 3.20. The predicted molar refractivity (Wildman–Crippen MR) is 214 cm³/mol. The van der Waals surface area contributed by atoms with E-state index in [4.69, 9.17) is 14.6 Å². The van der Waals surface area contributed by atoms with Crippen molar-refractivity contribution < 1.29 is 33.8 Å². The molecule has 0 aliphatic carbocycles. The van der Waals surface area contributed by atoms with Crippen LogP contribution in [-0.2, 0) is 32.3 Å². The summed E-state index contributed by atoms with van der Waals surface area (Å²) in [5, 5.41) is 10.5. The number of nitrogens with one attached hydrogen (secondary N) is 1. The highest BCUT2D eigenvalue weighted by atomic mass is 16.5. The first-order valence-corrected chi connectivity index (χ1v) is 18.8. The molecule has 8 rings (SSSR count). The minimum absolute atomic E-state index is 0. The van der Waals surface area contributed by atoms with Gasteiger partial charge in [-0.15, -0.1) is 0 Å². The molecular weight excluding hydrogens is 700 g/mol. The number of aliphatic hydroxyl groups is 1. The third-order valence-corrected chi connectivity index (χ3v) is 11.0. The minimum atomic E-state index is -0.0825. The topological polar surface area (TPSA) is 135 Å². The van der Waals surface area contributed by atoms with Crippen molar-refractivity contribution in [3.8, 4) is 11.5 Å². The Hall–Kier alpha value is -4.46. The van der Waals surface area contributed by atoms with Crippen molar-refractivity contribution in [2.75, 3.05) is 48.0 Å². The molecule has 5 saturated heterocycles. The van der Waals surface area contributed by atoms with Gasteiger partial charge in [-0.2, -0.15) is 0 Å². The maximum Gasteiger partial charge on any atom is 0.246 e. The number of amides is 4. The number of fused-ring (bicyclic) bond motifs is 8. The van der Waals surface area contributed by atoms with Gasteiger partial charge in [-0.05, 0) is 81.0 Å². The Morgan fingerprint density at radius 2 is 1.29 bits per heavy atom. The van der Waals surface area contributed by atoms with E-state index in [-0.39, 0.29) is 75.7 Å². The lowest BCUT2D eigenvalue weighted by atomic mass is 9.86. The molecule has 0 spiro atoms. The molecule has 5 fully saturated rings. The van der Waals surface area contributed by atoms with Crippen LogP contribution in [-0.4, -0.2) is 131 Å². The van der Waals surface area contributed by atoms with E-state index in [0.717, 1.165) is 74.0 Å². The molecule has 2 N–H and O–H groups in total. The number of methoxy groups -OCH3 is 2. The summed E-state index contributed by atoms with van der Waals surface area (Å²) in [4.78, 5) is 59.7. The molecule has 55 heavy (non-hydrogen) atoms. The Kier molecular flexibility index (Phi) is 16.7. The number of carbonyl (C=O) groups is 4. The predicted octanol–water partition coefficient (Wildman–Crippen LogP) is 4.24. The Balaban J connectivity index is 0.000000262. The highest BCUT2D eigenvalue weighted by molar-refractivity contribution is 5.92. The number of rotatable bonds is 6. The number of ether oxygens (including phenoxy) is 2. The van der Waals surface area contributed by atoms with Crippen LogP contribution in [0.1, 0.15) is 78.4 Å². The lowest BCUT2D eigenvalue weighted by Crippen LogP contribution is -2.72. The highest BCUT2D eigenvalue weighted by Gasteiger charge is 2.48. The molecule has 4 amide bonds. The molecular formula is C42H64N6O7. The van der Waals surface area contributed by atoms with Crippen molar-refractivity contribution in [2.45, 2.75) is 111 Å². The summed E-state index contributed by atoms with van der Waals surface area (Å²) in [6.07, 6.45) is 7.93. The van der Waals surface area contributed by atoms with Crippen LogP contribution in [0.25, 0.3) is 0 Å². The third kappa shape index (κ3) is 9.68. The number of aliphatic hydroxyl groups excluding tert-OH is 1. The monoisotopic (exact) mass is 764 g/mol. The number of piperidine rings is 2. The number of piperazine rings is 3. The molecule has 2 aromatic carbocycles. The first-order chi connectivity index (χ1) is 25.7. The van der Waals surface area contributed by atoms with Crippen molar-refractivity contribution in [1.29, 1.82) is 0 Å². The first kappa shape index (κ1) is 44.9. The fourth-order valence-electron chi connectivity index (χ4n) is 8.26. The van der Waals surface area contributed by atoms with Gasteiger partial charge in [0, 0.05) is 32.4 Å². The Morgan fingerprint density at radius 1 is 0.727 bits per heavy atom. The molecule has 13 heteroatoms. The lowest BCUT2D eigenvalue weighted by Gasteiger charge is -2.51. The van der Waals surface area contributed by atoms with Gasteiger partial charge in [0.05, 0.1) is 50.6 Å². The maximum absolute atomic E-state index is 12.7. The smallest absolute Gasteiger partial charge is 0.246 e. The zero-order valence-corrected chi connectivity index (χ0v) is 32.0. The van der Waals surface area contributed by atoms with E-state index in [1.165, 1.54) is 0 Å². The molecule has 13 nitrogen and oxygen atoms in total. The van der Waals surface area contributed by atoms with Gasteiger partial charge in [0.25, 0.3) is 0 Å². The molecule has 0 aromatic heterocycles. The second kappa shape index (κ2) is 20.5. The van der Waals surface area contributed by atoms with E-state index in [1.807, 2.05) is 85.4 Å². The average molecular weight is 765 g/mol. The Bertz CT molecular complexity index is 1620. The molecule has 4 unspecified atom stereocenters. The molecule has 304 valence electrons. The second-order valence-electron chi connectivity index (χ2n) is 13.9. The highest BCUT2D eigenvalue weighted by Crippen LogP contribution is 2.36. The minimum Gasteiger partial charge on any atom is -0.497 e. The normalized spacial score (nSPS) is 25.1. The first-order valence-electron chi connectivity index (χ1n) is 18.8. The van der Waals surface area contributed by atoms with Crippen molar-refractivity contribution >= 4 is 23.6 Å². The van der Waals surface area contributed by atoms with Gasteiger partial charge in [0.1, 0.15) is 24.6 Å². The second-order valence-corrected chi connectivity index (χ2v) is 13.9. The van der Waals surface area contributed by atoms with Gasteiger partial charge in [0.15, 0.2) is 0 Å². The summed E-state index contributed by atoms with van der Waals surface area (Å²) in [7, 11) is 6.30. The largest absolute Gasteiger partial charge is 0.497 e. The van der Waals surface area contributed by atoms with Crippen molar-refractivity contribution in [1.82, 2.24) is 29.8 Å². The molecule has 5 atom stereocenters. The molecule has 0 radical (unpaired) electrons. The zero-order valence-electron chi connectivity index (χ0n) is 32.0. The third-order valence-electron chi connectivity index (χ3n) is 11.0. The van der Waals surface area contributed by atoms with Crippen LogP contribution in [0, 0.1) is 0 Å². The summed E-state index contributed by atoms with van der Waals surface area (Å²) in [6, 6.07) is 16.0. The molecule has 2 aromatic rings. The van der Waals surface area contributed by atoms with Crippen LogP contribution in [0.15, 0.2) is 60.4 Å². The number of nitrogens with zero attached hydrogens (tertiary/aromatic N) is 5. The van der Waals surface area contributed by atoms with Crippen LogP contribution < -0.4 is 14.8 Å². The van der Waals surface area contributed by atoms with Crippen LogP contribution >= 0.6 is 0 Å². The number of likely N-dealkylation sites (N-methyl/N-ethyl adjacent to an activating group) is 1. The molecule has 0 saturated carbocycles. The van der Waals surface area contributed by atoms with Crippen LogP contribution in [0.3, 0.4) is 0 Å². The van der Waals surface area contributed by atoms with E-state index in [1.54, 1.807) is 24.0 Å². The SMILES string of the molecule is C.C.CC.CO.COc1ccc(CN2C=C3C4CCCC(C(=O)N3CC2=O)N4C)cc1.COc1ccc(CN2C[C@@H]3C4CCCC(N4)C(=O)N3CC2=O)cc1. The van der Waals surface area contributed by atoms with Gasteiger partial charge in [-0.1, -0.05) is 53.0 Å². The summed E-state index contributed by atoms with van der Waals surface area (Å²) in [6.45, 7) is 6.07. The fraction of sp³-hybridized carbons (Fsp3) is 0.571. The van der Waals surface area contributed by atoms with Crippen molar-refractivity contribution in [3.05, 3.63) is 71.6 Å². The molecule has 6 aliphatic rings. The summed E-state index contributed by atoms with van der Waals surface area (Å²) in [5.41, 5.74) is 3.09. The summed E-state index contributed by atoms with van der Waals surface area (Å²) in [5.74, 6) is 1.79. The van der Waals surface area contributed by atoms with E-state index in [9.17, 15) is 19.2 Å². The quantitative estimate of drug-likeness (QED) is 0.443. The van der Waals surface area contributed by atoms with Crippen LogP contribution in [0.5, 0.6) is 11.5 Å². The Morgan fingerprint density at radius 3 is 1.89 bits per heavy atom. The molecule has 6 heterocycles. The standard InChI is InChI=1S/C19H23N3O3.C18H23N3O3.C2H6.CH4O.2CH4/c1-20-15-4-3-5-16(20)19(24)22-12-18(23)21(11-17(15)22)10-13-6-8-14(25-2)9-7-13;1-24-13-7-5-12(6-8-13)9-20-10-16-14-3-2-4-15(19-14)18(23)21(16)11-17(20)22;2*1-2;;/h6-9,11,15-16H,3-5,10,12H2,1-2H3;5-8,14-16,19H,2-4,9-11H2,1H3;1-2H3;2H,1H3;2*1H4/t;14?,15?,16-;;;;/m.1..../s1. The Labute approximate surface area is 328 Å². The number of carbonyl (C=O) groups excluding carboxylic acids is 4. The zero-order chi connectivity index (χ0) is 38.2. The van der Waals surface area contributed by atoms with Gasteiger partial charge < -0.3 is 39.5 Å². The number of benzene rings is 2. The van der Waals surface area contributed by atoms with Gasteiger partial charge in [-0.3, -0.25) is 24.1 Å². The molecule has 6 aliphatic heterocycles. The van der Waals surface area contributed by atoms with Crippen molar-refractivity contribution in [2.24, 2.45) is 0 Å². The van der Waals surface area contributed by atoms with Crippen molar-refractivity contribution in [3.63, 3.8) is 0 Å². The van der Waals surface area contributed by atoms with E-state index >= 15 is 0 Å². The van der Waals surface area contributed by atoms with E-state index < -0.39 is 0 Å². The van der Waals surface area contributed by atoms with Crippen LogP contribution in [0.2, 0.25) is 0 Å². The number of hydrogen-bond acceptors (Lipinski definition) is 9. The van der Waals surface area contributed by atoms with Gasteiger partial charge in [0.2, 0.25) is 23.6 Å². The fourth-order valence-corrected chi connectivity index (χ4v) is 8.26. The summed E-state index contributed by atoms with van der Waals surface area (Å²) < 4.78 is 10.4. The molecule has 4 bridgehead atoms. The van der Waals surface area contributed by atoms with Gasteiger partial charge in [-0.25, -0.2) is 0 Å². The summed E-state index contributed by atoms with van der Waals surface area (Å²) >= 11 is 0. The van der Waals surface area contributed by atoms with E-state index in [0.29, 0.717) is 25.7 Å².